The van der Waals surface area contributed by atoms with E-state index in [9.17, 15) is 8.78 Å². The molecule has 3 rings (SSSR count). The topological polar surface area (TPSA) is 48.9 Å². The van der Waals surface area contributed by atoms with Gasteiger partial charge in [-0.25, -0.2) is 8.78 Å². The lowest BCUT2D eigenvalue weighted by Gasteiger charge is -2.21. The number of unbranched alkanes of at least 4 members (excludes halogenated alkanes) is 1. The molecule has 0 amide bonds. The summed E-state index contributed by atoms with van der Waals surface area (Å²) in [7, 11) is 1.72. The fraction of sp³-hybridized carbons (Fsp3) is 0.435. The van der Waals surface area contributed by atoms with Crippen LogP contribution in [-0.2, 0) is 11.3 Å². The van der Waals surface area contributed by atoms with Crippen molar-refractivity contribution >= 4 is 35.6 Å². The monoisotopic (exact) mass is 544 g/mol. The predicted molar refractivity (Wildman–Crippen MR) is 132 cm³/mol. The van der Waals surface area contributed by atoms with Gasteiger partial charge in [0.1, 0.15) is 17.3 Å². The molecule has 0 saturated carbocycles. The van der Waals surface area contributed by atoms with Crippen LogP contribution in [0.25, 0.3) is 0 Å². The number of anilines is 1. The first-order valence-corrected chi connectivity index (χ1v) is 10.4. The smallest absolute Gasteiger partial charge is 0.191 e. The van der Waals surface area contributed by atoms with Crippen molar-refractivity contribution in [3.8, 4) is 0 Å². The Kier molecular flexibility index (Phi) is 11.0. The van der Waals surface area contributed by atoms with Gasteiger partial charge in [0.25, 0.3) is 0 Å². The van der Waals surface area contributed by atoms with Gasteiger partial charge in [0, 0.05) is 39.3 Å². The number of nitrogens with zero attached hydrogens (tertiary/aromatic N) is 2. The van der Waals surface area contributed by atoms with Gasteiger partial charge < -0.3 is 20.3 Å². The normalized spacial score (nSPS) is 16.2. The Morgan fingerprint density at radius 3 is 2.55 bits per heavy atom. The van der Waals surface area contributed by atoms with Crippen molar-refractivity contribution < 1.29 is 13.5 Å². The number of rotatable bonds is 9. The Morgan fingerprint density at radius 2 is 1.84 bits per heavy atom. The molecule has 8 heteroatoms. The second kappa shape index (κ2) is 13.5. The molecule has 1 fully saturated rings. The van der Waals surface area contributed by atoms with Crippen molar-refractivity contribution in [1.29, 1.82) is 0 Å². The van der Waals surface area contributed by atoms with Gasteiger partial charge in [-0.2, -0.15) is 0 Å². The summed E-state index contributed by atoms with van der Waals surface area (Å²) in [6, 6.07) is 14.2. The van der Waals surface area contributed by atoms with Crippen molar-refractivity contribution in [3.05, 3.63) is 65.7 Å². The Labute approximate surface area is 200 Å². The minimum atomic E-state index is -0.521. The number of para-hydroxylation sites is 1. The fourth-order valence-electron chi connectivity index (χ4n) is 3.56. The van der Waals surface area contributed by atoms with E-state index in [1.54, 1.807) is 11.9 Å². The van der Waals surface area contributed by atoms with Crippen LogP contribution in [0.1, 0.15) is 24.8 Å². The molecule has 2 aromatic carbocycles. The summed E-state index contributed by atoms with van der Waals surface area (Å²) in [6.45, 7) is 3.27. The summed E-state index contributed by atoms with van der Waals surface area (Å²) in [5.41, 5.74) is 1.24. The quantitative estimate of drug-likeness (QED) is 0.214. The zero-order valence-corrected chi connectivity index (χ0v) is 20.2. The van der Waals surface area contributed by atoms with E-state index in [2.05, 4.69) is 27.8 Å². The summed E-state index contributed by atoms with van der Waals surface area (Å²) < 4.78 is 33.7. The van der Waals surface area contributed by atoms with E-state index in [-0.39, 0.29) is 35.7 Å². The van der Waals surface area contributed by atoms with Gasteiger partial charge >= 0.3 is 0 Å². The molecule has 170 valence electrons. The number of hydrogen-bond donors (Lipinski definition) is 2. The number of guanidine groups is 1. The van der Waals surface area contributed by atoms with Gasteiger partial charge in [0.05, 0.1) is 6.61 Å². The standard InChI is InChI=1S/C23H30F2N4O.HI/c1-26-23(27-13-5-6-15-30-17-18-8-3-2-4-9-18)28-19-12-14-29(16-19)22-20(24)10-7-11-21(22)25;/h2-4,7-11,19H,5-6,12-17H2,1H3,(H2,26,27,28);1H. The van der Waals surface area contributed by atoms with Crippen LogP contribution in [0, 0.1) is 11.6 Å². The number of nitrogens with one attached hydrogen (secondary N) is 2. The van der Waals surface area contributed by atoms with Gasteiger partial charge in [-0.1, -0.05) is 36.4 Å². The van der Waals surface area contributed by atoms with Gasteiger partial charge in [-0.15, -0.1) is 24.0 Å². The summed E-state index contributed by atoms with van der Waals surface area (Å²) >= 11 is 0. The minimum absolute atomic E-state index is 0. The lowest BCUT2D eigenvalue weighted by Crippen LogP contribution is -2.45. The van der Waals surface area contributed by atoms with Crippen LogP contribution in [0.4, 0.5) is 14.5 Å². The maximum absolute atomic E-state index is 14.0. The Balaban J connectivity index is 0.00000341. The molecule has 0 bridgehead atoms. The molecule has 1 heterocycles. The van der Waals surface area contributed by atoms with Crippen LogP contribution in [0.3, 0.4) is 0 Å². The summed E-state index contributed by atoms with van der Waals surface area (Å²) in [4.78, 5) is 6.00. The lowest BCUT2D eigenvalue weighted by molar-refractivity contribution is 0.117. The molecule has 1 atom stereocenters. The molecule has 1 aliphatic rings. The summed E-state index contributed by atoms with van der Waals surface area (Å²) in [5.74, 6) is -0.332. The maximum atomic E-state index is 14.0. The number of aliphatic imine (C=N–C) groups is 1. The number of benzene rings is 2. The van der Waals surface area contributed by atoms with Crippen molar-refractivity contribution in [2.45, 2.75) is 31.9 Å². The van der Waals surface area contributed by atoms with Crippen molar-refractivity contribution in [2.24, 2.45) is 4.99 Å². The number of hydrogen-bond acceptors (Lipinski definition) is 3. The third kappa shape index (κ3) is 7.92. The molecule has 1 aliphatic heterocycles. The molecule has 0 aromatic heterocycles. The Morgan fingerprint density at radius 1 is 1.10 bits per heavy atom. The lowest BCUT2D eigenvalue weighted by atomic mass is 10.2. The van der Waals surface area contributed by atoms with Gasteiger partial charge in [-0.3, -0.25) is 4.99 Å². The van der Waals surface area contributed by atoms with E-state index >= 15 is 0 Å². The second-order valence-electron chi connectivity index (χ2n) is 7.39. The van der Waals surface area contributed by atoms with Crippen LogP contribution >= 0.6 is 24.0 Å². The highest BCUT2D eigenvalue weighted by atomic mass is 127. The van der Waals surface area contributed by atoms with Crippen molar-refractivity contribution in [1.82, 2.24) is 10.6 Å². The van der Waals surface area contributed by atoms with Crippen LogP contribution in [-0.4, -0.2) is 45.3 Å². The third-order valence-electron chi connectivity index (χ3n) is 5.13. The van der Waals surface area contributed by atoms with Crippen molar-refractivity contribution in [2.75, 3.05) is 38.2 Å². The average Bonchev–Trinajstić information content (AvgIpc) is 3.20. The van der Waals surface area contributed by atoms with Crippen molar-refractivity contribution in [3.63, 3.8) is 0 Å². The van der Waals surface area contributed by atoms with E-state index in [1.165, 1.54) is 23.8 Å². The first-order chi connectivity index (χ1) is 14.7. The van der Waals surface area contributed by atoms with E-state index < -0.39 is 11.6 Å². The number of halogens is 3. The molecule has 0 spiro atoms. The van der Waals surface area contributed by atoms with Gasteiger partial charge in [0.2, 0.25) is 0 Å². The zero-order valence-electron chi connectivity index (χ0n) is 17.8. The van der Waals surface area contributed by atoms with Crippen LogP contribution in [0.15, 0.2) is 53.5 Å². The molecule has 1 saturated heterocycles. The minimum Gasteiger partial charge on any atom is -0.377 e. The molecule has 0 radical (unpaired) electrons. The van der Waals surface area contributed by atoms with E-state index in [4.69, 9.17) is 4.74 Å². The first-order valence-electron chi connectivity index (χ1n) is 10.4. The van der Waals surface area contributed by atoms with Crippen LogP contribution < -0.4 is 15.5 Å². The molecular weight excluding hydrogens is 513 g/mol. The fourth-order valence-corrected chi connectivity index (χ4v) is 3.56. The molecule has 2 N–H and O–H groups in total. The Bertz CT molecular complexity index is 802. The number of ether oxygens (including phenoxy) is 1. The maximum Gasteiger partial charge on any atom is 0.191 e. The molecular formula is C23H31F2IN4O. The van der Waals surface area contributed by atoms with E-state index in [0.29, 0.717) is 32.3 Å². The first kappa shape index (κ1) is 25.3. The summed E-state index contributed by atoms with van der Waals surface area (Å²) in [6.07, 6.45) is 2.72. The Hall–Kier alpha value is -1.94. The SMILES string of the molecule is CN=C(NCCCCOCc1ccccc1)NC1CCN(c2c(F)cccc2F)C1.I. The predicted octanol–water partition coefficient (Wildman–Crippen LogP) is 4.32. The summed E-state index contributed by atoms with van der Waals surface area (Å²) in [5, 5.41) is 6.65. The van der Waals surface area contributed by atoms with Crippen LogP contribution in [0.5, 0.6) is 0 Å². The highest BCUT2D eigenvalue weighted by molar-refractivity contribution is 14.0. The molecule has 5 nitrogen and oxygen atoms in total. The molecule has 31 heavy (non-hydrogen) atoms. The van der Waals surface area contributed by atoms with Crippen LogP contribution in [0.2, 0.25) is 0 Å². The van der Waals surface area contributed by atoms with E-state index in [0.717, 1.165) is 25.8 Å². The second-order valence-corrected chi connectivity index (χ2v) is 7.39. The van der Waals surface area contributed by atoms with Gasteiger partial charge in [0.15, 0.2) is 5.96 Å². The highest BCUT2D eigenvalue weighted by Crippen LogP contribution is 2.26. The van der Waals surface area contributed by atoms with E-state index in [1.807, 2.05) is 18.2 Å². The molecule has 2 aromatic rings. The zero-order chi connectivity index (χ0) is 21.2. The average molecular weight is 544 g/mol. The third-order valence-corrected chi connectivity index (χ3v) is 5.13. The highest BCUT2D eigenvalue weighted by Gasteiger charge is 2.27. The largest absolute Gasteiger partial charge is 0.377 e. The van der Waals surface area contributed by atoms with Gasteiger partial charge in [-0.05, 0) is 37.0 Å². The molecule has 1 unspecified atom stereocenters. The molecule has 0 aliphatic carbocycles.